The van der Waals surface area contributed by atoms with Crippen molar-refractivity contribution in [3.63, 3.8) is 0 Å². The van der Waals surface area contributed by atoms with E-state index in [-0.39, 0.29) is 17.9 Å². The van der Waals surface area contributed by atoms with Gasteiger partial charge in [-0.2, -0.15) is 0 Å². The smallest absolute Gasteiger partial charge is 0.236 e. The SMILES string of the molecule is COC1CN(Cc2c[nH]c3ccccc23)CC(=O)N(CCCN2CCCC2=O)C1. The topological polar surface area (TPSA) is 68.9 Å². The van der Waals surface area contributed by atoms with E-state index in [0.717, 1.165) is 38.0 Å². The molecule has 1 unspecified atom stereocenters. The molecule has 0 radical (unpaired) electrons. The summed E-state index contributed by atoms with van der Waals surface area (Å²) in [5, 5.41) is 1.20. The van der Waals surface area contributed by atoms with Crippen molar-refractivity contribution < 1.29 is 14.3 Å². The van der Waals surface area contributed by atoms with E-state index >= 15 is 0 Å². The molecule has 1 N–H and O–H groups in total. The van der Waals surface area contributed by atoms with Gasteiger partial charge in [-0.15, -0.1) is 0 Å². The minimum atomic E-state index is -0.0138. The molecule has 0 aliphatic carbocycles. The maximum atomic E-state index is 12.9. The molecule has 29 heavy (non-hydrogen) atoms. The number of benzene rings is 1. The fourth-order valence-corrected chi connectivity index (χ4v) is 4.43. The van der Waals surface area contributed by atoms with Crippen molar-refractivity contribution in [2.45, 2.75) is 31.9 Å². The number of methoxy groups -OCH3 is 1. The van der Waals surface area contributed by atoms with Crippen LogP contribution in [0.1, 0.15) is 24.8 Å². The highest BCUT2D eigenvalue weighted by molar-refractivity contribution is 5.83. The predicted molar refractivity (Wildman–Crippen MR) is 111 cm³/mol. The summed E-state index contributed by atoms with van der Waals surface area (Å²) in [6.07, 6.45) is 4.45. The predicted octanol–water partition coefficient (Wildman–Crippen LogP) is 1.84. The van der Waals surface area contributed by atoms with Gasteiger partial charge < -0.3 is 19.5 Å². The Bertz CT molecular complexity index is 865. The first-order chi connectivity index (χ1) is 14.1. The summed E-state index contributed by atoms with van der Waals surface area (Å²) >= 11 is 0. The van der Waals surface area contributed by atoms with E-state index in [2.05, 4.69) is 22.0 Å². The maximum Gasteiger partial charge on any atom is 0.236 e. The van der Waals surface area contributed by atoms with Gasteiger partial charge in [-0.05, 0) is 24.5 Å². The lowest BCUT2D eigenvalue weighted by Gasteiger charge is -2.24. The largest absolute Gasteiger partial charge is 0.378 e. The van der Waals surface area contributed by atoms with E-state index in [4.69, 9.17) is 4.74 Å². The Morgan fingerprint density at radius 2 is 1.93 bits per heavy atom. The fourth-order valence-electron chi connectivity index (χ4n) is 4.43. The Labute approximate surface area is 171 Å². The fraction of sp³-hybridized carbons (Fsp3) is 0.545. The zero-order chi connectivity index (χ0) is 20.2. The van der Waals surface area contributed by atoms with Crippen molar-refractivity contribution in [2.75, 3.05) is 46.4 Å². The molecule has 2 fully saturated rings. The third kappa shape index (κ3) is 4.62. The number of nitrogens with one attached hydrogen (secondary N) is 1. The molecule has 156 valence electrons. The van der Waals surface area contributed by atoms with Gasteiger partial charge in [-0.1, -0.05) is 18.2 Å². The number of H-pyrrole nitrogens is 1. The lowest BCUT2D eigenvalue weighted by Crippen LogP contribution is -2.39. The average molecular weight is 399 g/mol. The van der Waals surface area contributed by atoms with Crippen molar-refractivity contribution in [1.82, 2.24) is 19.7 Å². The summed E-state index contributed by atoms with van der Waals surface area (Å²) in [5.74, 6) is 0.379. The molecule has 1 aromatic carbocycles. The Morgan fingerprint density at radius 1 is 1.10 bits per heavy atom. The van der Waals surface area contributed by atoms with Crippen molar-refractivity contribution in [2.24, 2.45) is 0 Å². The summed E-state index contributed by atoms with van der Waals surface area (Å²) in [4.78, 5) is 34.0. The number of hydrogen-bond acceptors (Lipinski definition) is 4. The van der Waals surface area contributed by atoms with Crippen LogP contribution in [-0.4, -0.2) is 84.0 Å². The van der Waals surface area contributed by atoms with Gasteiger partial charge in [-0.25, -0.2) is 0 Å². The molecule has 2 aromatic rings. The molecule has 0 bridgehead atoms. The van der Waals surface area contributed by atoms with E-state index in [1.807, 2.05) is 28.1 Å². The molecule has 0 saturated carbocycles. The molecule has 7 nitrogen and oxygen atoms in total. The van der Waals surface area contributed by atoms with Crippen LogP contribution in [0.5, 0.6) is 0 Å². The van der Waals surface area contributed by atoms with E-state index in [1.54, 1.807) is 7.11 Å². The van der Waals surface area contributed by atoms with Crippen LogP contribution in [0.2, 0.25) is 0 Å². The number of carbonyl (C=O) groups is 2. The summed E-state index contributed by atoms with van der Waals surface area (Å²) in [7, 11) is 1.71. The van der Waals surface area contributed by atoms with Crippen molar-refractivity contribution in [1.29, 1.82) is 0 Å². The van der Waals surface area contributed by atoms with E-state index < -0.39 is 0 Å². The van der Waals surface area contributed by atoms with Gasteiger partial charge >= 0.3 is 0 Å². The van der Waals surface area contributed by atoms with Crippen LogP contribution in [0.15, 0.2) is 30.5 Å². The third-order valence-corrected chi connectivity index (χ3v) is 6.03. The Hall–Kier alpha value is -2.38. The molecule has 4 rings (SSSR count). The second-order valence-electron chi connectivity index (χ2n) is 8.06. The number of amides is 2. The molecular formula is C22H30N4O3. The number of aromatic amines is 1. The molecule has 1 aromatic heterocycles. The van der Waals surface area contributed by atoms with Gasteiger partial charge in [0.2, 0.25) is 11.8 Å². The van der Waals surface area contributed by atoms with Crippen LogP contribution in [0.25, 0.3) is 10.9 Å². The van der Waals surface area contributed by atoms with E-state index in [1.165, 1.54) is 10.9 Å². The highest BCUT2D eigenvalue weighted by Crippen LogP contribution is 2.21. The number of carbonyl (C=O) groups excluding carboxylic acids is 2. The Morgan fingerprint density at radius 3 is 2.72 bits per heavy atom. The highest BCUT2D eigenvalue weighted by Gasteiger charge is 2.28. The molecule has 7 heteroatoms. The monoisotopic (exact) mass is 398 g/mol. The van der Waals surface area contributed by atoms with Gasteiger partial charge in [0, 0.05) is 69.9 Å². The average Bonchev–Trinajstić information content (AvgIpc) is 3.28. The Balaban J connectivity index is 1.37. The molecule has 2 amide bonds. The van der Waals surface area contributed by atoms with Crippen LogP contribution in [0.4, 0.5) is 0 Å². The summed E-state index contributed by atoms with van der Waals surface area (Å²) < 4.78 is 5.68. The van der Waals surface area contributed by atoms with Crippen molar-refractivity contribution >= 4 is 22.7 Å². The van der Waals surface area contributed by atoms with Crippen LogP contribution in [0, 0.1) is 0 Å². The first kappa shape index (κ1) is 19.9. The third-order valence-electron chi connectivity index (χ3n) is 6.03. The summed E-state index contributed by atoms with van der Waals surface area (Å²) in [5.41, 5.74) is 2.31. The quantitative estimate of drug-likeness (QED) is 0.773. The van der Waals surface area contributed by atoms with Crippen LogP contribution in [-0.2, 0) is 20.9 Å². The summed E-state index contributed by atoms with van der Waals surface area (Å²) in [6, 6.07) is 8.24. The normalized spacial score (nSPS) is 21.3. The maximum absolute atomic E-state index is 12.9. The number of ether oxygens (including phenoxy) is 1. The number of aromatic nitrogens is 1. The first-order valence-corrected chi connectivity index (χ1v) is 10.5. The molecular weight excluding hydrogens is 368 g/mol. The number of likely N-dealkylation sites (tertiary alicyclic amines) is 1. The van der Waals surface area contributed by atoms with Gasteiger partial charge in [-0.3, -0.25) is 14.5 Å². The van der Waals surface area contributed by atoms with E-state index in [9.17, 15) is 9.59 Å². The lowest BCUT2D eigenvalue weighted by atomic mass is 10.1. The number of para-hydroxylation sites is 1. The summed E-state index contributed by atoms with van der Waals surface area (Å²) in [6.45, 7) is 4.69. The van der Waals surface area contributed by atoms with Crippen LogP contribution < -0.4 is 0 Å². The standard InChI is InChI=1S/C22H30N4O3/c1-29-18-14-24(13-17-12-23-20-7-3-2-6-19(17)20)16-22(28)26(15-18)11-5-10-25-9-4-8-21(25)27/h2-3,6-7,12,18,23H,4-5,8-11,13-16H2,1H3. The van der Waals surface area contributed by atoms with Crippen LogP contribution in [0.3, 0.4) is 0 Å². The van der Waals surface area contributed by atoms with Crippen molar-refractivity contribution in [3.05, 3.63) is 36.0 Å². The van der Waals surface area contributed by atoms with Crippen molar-refractivity contribution in [3.8, 4) is 0 Å². The van der Waals surface area contributed by atoms with Gasteiger partial charge in [0.25, 0.3) is 0 Å². The second kappa shape index (κ2) is 8.97. The van der Waals surface area contributed by atoms with Gasteiger partial charge in [0.05, 0.1) is 12.6 Å². The minimum absolute atomic E-state index is 0.0138. The molecule has 2 saturated heterocycles. The minimum Gasteiger partial charge on any atom is -0.378 e. The van der Waals surface area contributed by atoms with Gasteiger partial charge in [0.15, 0.2) is 0 Å². The molecule has 1 atom stereocenters. The number of hydrogen-bond donors (Lipinski definition) is 1. The Kier molecular flexibility index (Phi) is 6.16. The number of rotatable bonds is 7. The first-order valence-electron chi connectivity index (χ1n) is 10.5. The molecule has 0 spiro atoms. The molecule has 2 aliphatic rings. The second-order valence-corrected chi connectivity index (χ2v) is 8.06. The lowest BCUT2D eigenvalue weighted by molar-refractivity contribution is -0.131. The van der Waals surface area contributed by atoms with Gasteiger partial charge in [0.1, 0.15) is 0 Å². The number of nitrogens with zero attached hydrogens (tertiary/aromatic N) is 3. The highest BCUT2D eigenvalue weighted by atomic mass is 16.5. The molecule has 2 aliphatic heterocycles. The number of fused-ring (bicyclic) bond motifs is 1. The van der Waals surface area contributed by atoms with E-state index in [0.29, 0.717) is 32.6 Å². The van der Waals surface area contributed by atoms with Crippen LogP contribution >= 0.6 is 0 Å². The molecule has 3 heterocycles. The zero-order valence-electron chi connectivity index (χ0n) is 17.1. The zero-order valence-corrected chi connectivity index (χ0v) is 17.1.